The lowest BCUT2D eigenvalue weighted by Gasteiger charge is -2.34. The van der Waals surface area contributed by atoms with E-state index in [0.29, 0.717) is 36.7 Å². The second kappa shape index (κ2) is 9.73. The molecule has 0 spiro atoms. The normalized spacial score (nSPS) is 14.4. The van der Waals surface area contributed by atoms with Crippen LogP contribution in [0.4, 0.5) is 0 Å². The summed E-state index contributed by atoms with van der Waals surface area (Å²) in [6, 6.07) is 6.92. The molecule has 154 valence electrons. The molecule has 4 heterocycles. The van der Waals surface area contributed by atoms with E-state index in [9.17, 15) is 9.59 Å². The number of amides is 2. The fourth-order valence-electron chi connectivity index (χ4n) is 3.07. The van der Waals surface area contributed by atoms with Crippen molar-refractivity contribution in [3.8, 4) is 11.5 Å². The van der Waals surface area contributed by atoms with Crippen LogP contribution in [0.15, 0.2) is 50.2 Å². The summed E-state index contributed by atoms with van der Waals surface area (Å²) in [5, 5.41) is 10.5. The van der Waals surface area contributed by atoms with Gasteiger partial charge in [0.25, 0.3) is 11.8 Å². The maximum Gasteiger partial charge on any atom is 0.276 e. The molecule has 1 aliphatic rings. The summed E-state index contributed by atoms with van der Waals surface area (Å²) in [5.41, 5.74) is 0.977. The van der Waals surface area contributed by atoms with Crippen molar-refractivity contribution in [2.75, 3.05) is 39.3 Å². The Bertz CT molecular complexity index is 918. The van der Waals surface area contributed by atoms with Gasteiger partial charge in [0, 0.05) is 56.3 Å². The van der Waals surface area contributed by atoms with Crippen LogP contribution in [0.2, 0.25) is 0 Å². The molecule has 1 saturated heterocycles. The second-order valence-electron chi connectivity index (χ2n) is 6.46. The molecular weight excluding hydrogens is 416 g/mol. The minimum atomic E-state index is -0.146. The summed E-state index contributed by atoms with van der Waals surface area (Å²) in [6.45, 7) is 4.06. The van der Waals surface area contributed by atoms with E-state index in [1.165, 1.54) is 11.3 Å². The van der Waals surface area contributed by atoms with Crippen LogP contribution in [-0.4, -0.2) is 66.0 Å². The van der Waals surface area contributed by atoms with Gasteiger partial charge in [0.05, 0.1) is 6.26 Å². The van der Waals surface area contributed by atoms with Gasteiger partial charge >= 0.3 is 0 Å². The smallest absolute Gasteiger partial charge is 0.276 e. The highest BCUT2D eigenvalue weighted by Crippen LogP contribution is 2.21. The molecule has 4 rings (SSSR count). The molecule has 1 N–H and O–H groups in total. The third kappa shape index (κ3) is 5.06. The van der Waals surface area contributed by atoms with Crippen LogP contribution in [0.5, 0.6) is 0 Å². The summed E-state index contributed by atoms with van der Waals surface area (Å²) >= 11 is 1.51. The fraction of sp³-hybridized carbons (Fsp3) is 0.316. The number of carbonyl (C=O) groups excluding carboxylic acids is 2. The van der Waals surface area contributed by atoms with Crippen LogP contribution in [0.3, 0.4) is 0 Å². The van der Waals surface area contributed by atoms with Gasteiger partial charge in [0.15, 0.2) is 11.5 Å². The minimum Gasteiger partial charge on any atom is -0.461 e. The quantitative estimate of drug-likeness (QED) is 0.638. The number of halogens is 1. The summed E-state index contributed by atoms with van der Waals surface area (Å²) < 4.78 is 10.5. The first-order valence-electron chi connectivity index (χ1n) is 9.03. The zero-order valence-corrected chi connectivity index (χ0v) is 17.2. The number of nitrogens with one attached hydrogen (secondary N) is 1. The molecule has 0 radical (unpaired) electrons. The van der Waals surface area contributed by atoms with E-state index >= 15 is 0 Å². The van der Waals surface area contributed by atoms with E-state index in [1.54, 1.807) is 29.4 Å². The predicted molar refractivity (Wildman–Crippen MR) is 110 cm³/mol. The zero-order valence-electron chi connectivity index (χ0n) is 15.6. The Labute approximate surface area is 177 Å². The molecule has 2 amide bonds. The molecule has 3 aromatic heterocycles. The Hall–Kier alpha value is -2.62. The second-order valence-corrected chi connectivity index (χ2v) is 7.24. The maximum atomic E-state index is 12.6. The number of furan rings is 1. The van der Waals surface area contributed by atoms with Crippen molar-refractivity contribution in [3.05, 3.63) is 52.5 Å². The van der Waals surface area contributed by atoms with Gasteiger partial charge in [-0.25, -0.2) is 0 Å². The van der Waals surface area contributed by atoms with Gasteiger partial charge in [0.2, 0.25) is 5.76 Å². The van der Waals surface area contributed by atoms with Crippen molar-refractivity contribution in [1.82, 2.24) is 20.3 Å². The topological polar surface area (TPSA) is 91.8 Å². The van der Waals surface area contributed by atoms with Crippen LogP contribution in [0, 0.1) is 0 Å². The van der Waals surface area contributed by atoms with Crippen LogP contribution < -0.4 is 5.32 Å². The lowest BCUT2D eigenvalue weighted by atomic mass is 10.2. The Morgan fingerprint density at radius 3 is 2.69 bits per heavy atom. The van der Waals surface area contributed by atoms with E-state index < -0.39 is 0 Å². The van der Waals surface area contributed by atoms with Gasteiger partial charge in [-0.3, -0.25) is 14.5 Å². The first-order valence-corrected chi connectivity index (χ1v) is 9.97. The van der Waals surface area contributed by atoms with Crippen molar-refractivity contribution in [2.45, 2.75) is 0 Å². The summed E-state index contributed by atoms with van der Waals surface area (Å²) in [7, 11) is 0. The molecule has 10 heteroatoms. The Morgan fingerprint density at radius 2 is 2.00 bits per heavy atom. The first kappa shape index (κ1) is 21.1. The molecule has 0 unspecified atom stereocenters. The van der Waals surface area contributed by atoms with Gasteiger partial charge in [-0.2, -0.15) is 11.3 Å². The van der Waals surface area contributed by atoms with E-state index in [0.717, 1.165) is 19.6 Å². The number of piperazine rings is 1. The molecule has 29 heavy (non-hydrogen) atoms. The van der Waals surface area contributed by atoms with Gasteiger partial charge < -0.3 is 19.2 Å². The minimum absolute atomic E-state index is 0. The zero-order chi connectivity index (χ0) is 19.3. The summed E-state index contributed by atoms with van der Waals surface area (Å²) in [4.78, 5) is 28.6. The molecule has 0 bridgehead atoms. The molecule has 0 saturated carbocycles. The van der Waals surface area contributed by atoms with E-state index in [2.05, 4.69) is 15.4 Å². The van der Waals surface area contributed by atoms with Crippen molar-refractivity contribution in [1.29, 1.82) is 0 Å². The summed E-state index contributed by atoms with van der Waals surface area (Å²) in [5.74, 6) is 0.787. The first-order chi connectivity index (χ1) is 13.7. The highest BCUT2D eigenvalue weighted by atomic mass is 35.5. The number of rotatable bonds is 6. The SMILES string of the molecule is Cl.O=C(NCCN1CCN(C(=O)c2cc(-c3ccco3)on2)CC1)c1ccsc1. The number of hydrogen-bond donors (Lipinski definition) is 1. The van der Waals surface area contributed by atoms with Crippen LogP contribution >= 0.6 is 23.7 Å². The Balaban J connectivity index is 0.00000240. The highest BCUT2D eigenvalue weighted by molar-refractivity contribution is 7.08. The molecule has 8 nitrogen and oxygen atoms in total. The molecule has 0 aliphatic carbocycles. The fourth-order valence-corrected chi connectivity index (χ4v) is 3.71. The van der Waals surface area contributed by atoms with Crippen molar-refractivity contribution >= 4 is 35.6 Å². The molecule has 0 aromatic carbocycles. The van der Waals surface area contributed by atoms with Gasteiger partial charge in [0.1, 0.15) is 0 Å². The molecule has 3 aromatic rings. The van der Waals surface area contributed by atoms with Gasteiger partial charge in [-0.15, -0.1) is 12.4 Å². The van der Waals surface area contributed by atoms with Crippen molar-refractivity contribution < 1.29 is 18.5 Å². The Kier molecular flexibility index (Phi) is 7.08. The standard InChI is InChI=1S/C19H20N4O4S.ClH/c24-18(14-3-11-28-13-14)20-4-5-22-6-8-23(9-7-22)19(25)15-12-17(27-21-15)16-2-1-10-26-16;/h1-3,10-13H,4-9H2,(H,20,24);1H. The maximum absolute atomic E-state index is 12.6. The van der Waals surface area contributed by atoms with Crippen LogP contribution in [0.25, 0.3) is 11.5 Å². The molecule has 1 fully saturated rings. The largest absolute Gasteiger partial charge is 0.461 e. The highest BCUT2D eigenvalue weighted by Gasteiger charge is 2.25. The molecule has 1 aliphatic heterocycles. The lowest BCUT2D eigenvalue weighted by Crippen LogP contribution is -2.50. The van der Waals surface area contributed by atoms with E-state index in [-0.39, 0.29) is 29.9 Å². The Morgan fingerprint density at radius 1 is 1.17 bits per heavy atom. The van der Waals surface area contributed by atoms with E-state index in [1.807, 2.05) is 16.8 Å². The third-order valence-corrected chi connectivity index (χ3v) is 5.33. The van der Waals surface area contributed by atoms with Gasteiger partial charge in [-0.05, 0) is 23.6 Å². The molecule has 0 atom stereocenters. The van der Waals surface area contributed by atoms with Crippen LogP contribution in [0.1, 0.15) is 20.8 Å². The number of aromatic nitrogens is 1. The lowest BCUT2D eigenvalue weighted by molar-refractivity contribution is 0.0628. The number of carbonyl (C=O) groups is 2. The number of nitrogens with zero attached hydrogens (tertiary/aromatic N) is 3. The van der Waals surface area contributed by atoms with Gasteiger partial charge in [-0.1, -0.05) is 5.16 Å². The predicted octanol–water partition coefficient (Wildman–Crippen LogP) is 2.61. The molecular formula is C19H21ClN4O4S. The van der Waals surface area contributed by atoms with Crippen molar-refractivity contribution in [2.24, 2.45) is 0 Å². The number of thiophene rings is 1. The third-order valence-electron chi connectivity index (χ3n) is 4.65. The monoisotopic (exact) mass is 436 g/mol. The average molecular weight is 437 g/mol. The number of hydrogen-bond acceptors (Lipinski definition) is 7. The van der Waals surface area contributed by atoms with E-state index in [4.69, 9.17) is 8.94 Å². The van der Waals surface area contributed by atoms with Crippen LogP contribution in [-0.2, 0) is 0 Å². The average Bonchev–Trinajstić information content (AvgIpc) is 3.50. The summed E-state index contributed by atoms with van der Waals surface area (Å²) in [6.07, 6.45) is 1.54. The van der Waals surface area contributed by atoms with Crippen molar-refractivity contribution in [3.63, 3.8) is 0 Å².